The first-order valence-corrected chi connectivity index (χ1v) is 8.82. The molecule has 0 bridgehead atoms. The zero-order valence-corrected chi connectivity index (χ0v) is 15.0. The number of amides is 2. The Kier molecular flexibility index (Phi) is 4.60. The van der Waals surface area contributed by atoms with Gasteiger partial charge in [-0.05, 0) is 30.3 Å². The number of ether oxygens (including phenoxy) is 1. The number of para-hydroxylation sites is 1. The van der Waals surface area contributed by atoms with E-state index in [-0.39, 0.29) is 17.8 Å². The minimum Gasteiger partial charge on any atom is -0.508 e. The Labute approximate surface area is 160 Å². The largest absolute Gasteiger partial charge is 0.508 e. The lowest BCUT2D eigenvalue weighted by molar-refractivity contribution is 0.232. The highest BCUT2D eigenvalue weighted by atomic mass is 35.5. The van der Waals surface area contributed by atoms with Crippen LogP contribution in [0.4, 0.5) is 10.6 Å². The van der Waals surface area contributed by atoms with E-state index in [1.165, 1.54) is 0 Å². The Bertz CT molecular complexity index is 971. The third-order valence-corrected chi connectivity index (χ3v) is 4.57. The van der Waals surface area contributed by atoms with Gasteiger partial charge in [0.05, 0.1) is 23.4 Å². The second-order valence-electron chi connectivity index (χ2n) is 6.11. The number of urea groups is 1. The van der Waals surface area contributed by atoms with E-state index in [1.54, 1.807) is 47.3 Å². The van der Waals surface area contributed by atoms with Gasteiger partial charge in [0.15, 0.2) is 5.82 Å². The number of phenolic OH excluding ortho intramolecular Hbond substituents is 1. The van der Waals surface area contributed by atoms with Gasteiger partial charge in [-0.2, -0.15) is 0 Å². The first kappa shape index (κ1) is 17.2. The summed E-state index contributed by atoms with van der Waals surface area (Å²) < 4.78 is 7.22. The van der Waals surface area contributed by atoms with Crippen LogP contribution in [0.2, 0.25) is 5.02 Å². The summed E-state index contributed by atoms with van der Waals surface area (Å²) in [5, 5.41) is 19.9. The quantitative estimate of drug-likeness (QED) is 0.639. The molecule has 3 aromatic rings. The van der Waals surface area contributed by atoms with Crippen LogP contribution in [-0.2, 0) is 0 Å². The van der Waals surface area contributed by atoms with Gasteiger partial charge in [-0.1, -0.05) is 23.7 Å². The maximum absolute atomic E-state index is 12.4. The highest BCUT2D eigenvalue weighted by molar-refractivity contribution is 6.32. The molecule has 0 radical (unpaired) electrons. The molecule has 0 fully saturated rings. The van der Waals surface area contributed by atoms with Crippen LogP contribution in [0.25, 0.3) is 5.69 Å². The number of nitrogens with zero attached hydrogens (tertiary/aromatic N) is 2. The van der Waals surface area contributed by atoms with Crippen molar-refractivity contribution in [1.82, 2.24) is 15.1 Å². The SMILES string of the molecule is O=C(Nc1ccn(-c2ccc(O)cc2)n1)N[C@H]1CCOc2c(Cl)cccc21. The van der Waals surface area contributed by atoms with Crippen LogP contribution < -0.4 is 15.4 Å². The Morgan fingerprint density at radius 1 is 1.22 bits per heavy atom. The molecular weight excluding hydrogens is 368 g/mol. The molecule has 0 unspecified atom stereocenters. The van der Waals surface area contributed by atoms with Crippen molar-refractivity contribution in [3.63, 3.8) is 0 Å². The summed E-state index contributed by atoms with van der Waals surface area (Å²) in [5.74, 6) is 1.21. The van der Waals surface area contributed by atoms with E-state index < -0.39 is 0 Å². The van der Waals surface area contributed by atoms with Gasteiger partial charge in [-0.15, -0.1) is 5.10 Å². The van der Waals surface area contributed by atoms with Crippen molar-refractivity contribution in [1.29, 1.82) is 0 Å². The number of nitrogens with one attached hydrogen (secondary N) is 2. The summed E-state index contributed by atoms with van der Waals surface area (Å²) in [5.41, 5.74) is 1.63. The number of aromatic nitrogens is 2. The zero-order valence-electron chi connectivity index (χ0n) is 14.2. The predicted molar refractivity (Wildman–Crippen MR) is 102 cm³/mol. The zero-order chi connectivity index (χ0) is 18.8. The number of anilines is 1. The molecule has 1 aliphatic heterocycles. The minimum absolute atomic E-state index is 0.181. The Morgan fingerprint density at radius 3 is 2.85 bits per heavy atom. The van der Waals surface area contributed by atoms with Gasteiger partial charge in [0.25, 0.3) is 0 Å². The number of hydrogen-bond acceptors (Lipinski definition) is 4. The van der Waals surface area contributed by atoms with E-state index in [0.29, 0.717) is 29.6 Å². The number of fused-ring (bicyclic) bond motifs is 1. The van der Waals surface area contributed by atoms with Crippen molar-refractivity contribution in [2.45, 2.75) is 12.5 Å². The number of phenols is 1. The molecule has 0 aliphatic carbocycles. The normalized spacial score (nSPS) is 15.5. The van der Waals surface area contributed by atoms with Gasteiger partial charge in [-0.25, -0.2) is 9.48 Å². The number of rotatable bonds is 3. The first-order chi connectivity index (χ1) is 13.1. The summed E-state index contributed by atoms with van der Waals surface area (Å²) >= 11 is 6.16. The number of benzene rings is 2. The average Bonchev–Trinajstić information content (AvgIpc) is 3.11. The number of aromatic hydroxyl groups is 1. The second kappa shape index (κ2) is 7.20. The molecule has 1 aliphatic rings. The first-order valence-electron chi connectivity index (χ1n) is 8.44. The highest BCUT2D eigenvalue weighted by Crippen LogP contribution is 2.37. The molecule has 0 spiro atoms. The van der Waals surface area contributed by atoms with Crippen LogP contribution in [0.3, 0.4) is 0 Å². The van der Waals surface area contributed by atoms with Crippen LogP contribution in [0.15, 0.2) is 54.7 Å². The van der Waals surface area contributed by atoms with Gasteiger partial charge >= 0.3 is 6.03 Å². The fraction of sp³-hybridized carbons (Fsp3) is 0.158. The lowest BCUT2D eigenvalue weighted by Gasteiger charge is -2.27. The Morgan fingerprint density at radius 2 is 2.04 bits per heavy atom. The number of halogens is 1. The lowest BCUT2D eigenvalue weighted by atomic mass is 10.0. The van der Waals surface area contributed by atoms with Gasteiger partial charge in [0.1, 0.15) is 11.5 Å². The molecule has 7 nitrogen and oxygen atoms in total. The number of carbonyl (C=O) groups excluding carboxylic acids is 1. The molecule has 1 aromatic heterocycles. The molecule has 0 saturated carbocycles. The standard InChI is InChI=1S/C19H17ClN4O3/c20-15-3-1-2-14-16(9-11-27-18(14)15)21-19(26)22-17-8-10-24(23-17)12-4-6-13(25)7-5-12/h1-8,10,16,25H,9,11H2,(H2,21,22,23,26)/t16-/m0/s1. The van der Waals surface area contributed by atoms with E-state index in [1.807, 2.05) is 12.1 Å². The van der Waals surface area contributed by atoms with Gasteiger partial charge < -0.3 is 15.2 Å². The van der Waals surface area contributed by atoms with Gasteiger partial charge in [0, 0.05) is 24.2 Å². The summed E-state index contributed by atoms with van der Waals surface area (Å²) in [6, 6.07) is 13.3. The van der Waals surface area contributed by atoms with Crippen LogP contribution in [-0.4, -0.2) is 27.5 Å². The summed E-state index contributed by atoms with van der Waals surface area (Å²) in [7, 11) is 0. The van der Waals surface area contributed by atoms with Crippen LogP contribution >= 0.6 is 11.6 Å². The van der Waals surface area contributed by atoms with Crippen molar-refractivity contribution in [2.75, 3.05) is 11.9 Å². The van der Waals surface area contributed by atoms with E-state index in [2.05, 4.69) is 15.7 Å². The van der Waals surface area contributed by atoms with Crippen molar-refractivity contribution in [3.8, 4) is 17.2 Å². The minimum atomic E-state index is -0.358. The monoisotopic (exact) mass is 384 g/mol. The molecule has 138 valence electrons. The molecule has 2 amide bonds. The van der Waals surface area contributed by atoms with Crippen LogP contribution in [0, 0.1) is 0 Å². The third kappa shape index (κ3) is 3.68. The van der Waals surface area contributed by atoms with E-state index in [0.717, 1.165) is 11.3 Å². The van der Waals surface area contributed by atoms with Crippen molar-refractivity contribution in [2.24, 2.45) is 0 Å². The molecule has 27 heavy (non-hydrogen) atoms. The van der Waals surface area contributed by atoms with Crippen LogP contribution in [0.5, 0.6) is 11.5 Å². The molecular formula is C19H17ClN4O3. The fourth-order valence-electron chi connectivity index (χ4n) is 2.99. The molecule has 1 atom stereocenters. The topological polar surface area (TPSA) is 88.4 Å². The second-order valence-corrected chi connectivity index (χ2v) is 6.52. The highest BCUT2D eigenvalue weighted by Gasteiger charge is 2.24. The maximum atomic E-state index is 12.4. The Balaban J connectivity index is 1.44. The van der Waals surface area contributed by atoms with Gasteiger partial charge in [0.2, 0.25) is 0 Å². The summed E-state index contributed by atoms with van der Waals surface area (Å²) in [4.78, 5) is 12.4. The number of carbonyl (C=O) groups is 1. The van der Waals surface area contributed by atoms with Gasteiger partial charge in [-0.3, -0.25) is 5.32 Å². The van der Waals surface area contributed by atoms with E-state index in [9.17, 15) is 9.90 Å². The summed E-state index contributed by atoms with van der Waals surface area (Å²) in [6.45, 7) is 0.483. The van der Waals surface area contributed by atoms with E-state index >= 15 is 0 Å². The van der Waals surface area contributed by atoms with Crippen molar-refractivity contribution in [3.05, 3.63) is 65.3 Å². The molecule has 0 saturated heterocycles. The molecule has 3 N–H and O–H groups in total. The lowest BCUT2D eigenvalue weighted by Crippen LogP contribution is -2.35. The van der Waals surface area contributed by atoms with Crippen LogP contribution in [0.1, 0.15) is 18.0 Å². The molecule has 2 heterocycles. The Hall–Kier alpha value is -3.19. The van der Waals surface area contributed by atoms with E-state index in [4.69, 9.17) is 16.3 Å². The number of hydrogen-bond donors (Lipinski definition) is 3. The summed E-state index contributed by atoms with van der Waals surface area (Å²) in [6.07, 6.45) is 2.38. The molecule has 2 aromatic carbocycles. The van der Waals surface area contributed by atoms with Crippen molar-refractivity contribution >= 4 is 23.4 Å². The maximum Gasteiger partial charge on any atom is 0.320 e. The molecule has 8 heteroatoms. The smallest absolute Gasteiger partial charge is 0.320 e. The van der Waals surface area contributed by atoms with Crippen molar-refractivity contribution < 1.29 is 14.6 Å². The predicted octanol–water partition coefficient (Wildman–Crippen LogP) is 3.88. The third-order valence-electron chi connectivity index (χ3n) is 4.28. The average molecular weight is 385 g/mol. The molecule has 4 rings (SSSR count). The fourth-order valence-corrected chi connectivity index (χ4v) is 3.22.